The molecule has 0 aliphatic heterocycles. The number of benzene rings is 1. The molecule has 2 aromatic heterocycles. The van der Waals surface area contributed by atoms with E-state index >= 15 is 0 Å². The van der Waals surface area contributed by atoms with Gasteiger partial charge in [-0.2, -0.15) is 0 Å². The van der Waals surface area contributed by atoms with Crippen LogP contribution in [0.1, 0.15) is 12.5 Å². The molecule has 0 fully saturated rings. The lowest BCUT2D eigenvalue weighted by atomic mass is 10.2. The molecule has 3 rings (SSSR count). The van der Waals surface area contributed by atoms with Gasteiger partial charge in [-0.25, -0.2) is 0 Å². The molecule has 24 heavy (non-hydrogen) atoms. The Morgan fingerprint density at radius 3 is 2.79 bits per heavy atom. The maximum atomic E-state index is 12.2. The van der Waals surface area contributed by atoms with Crippen LogP contribution >= 0.6 is 0 Å². The highest BCUT2D eigenvalue weighted by Gasteiger charge is 2.14. The van der Waals surface area contributed by atoms with Crippen molar-refractivity contribution in [2.24, 2.45) is 0 Å². The van der Waals surface area contributed by atoms with Crippen LogP contribution < -0.4 is 10.1 Å². The molecule has 122 valence electrons. The van der Waals surface area contributed by atoms with Crippen molar-refractivity contribution in [3.05, 3.63) is 72.6 Å². The molecular formula is C19H18N2O3. The van der Waals surface area contributed by atoms with Gasteiger partial charge in [-0.05, 0) is 48.9 Å². The van der Waals surface area contributed by atoms with Crippen molar-refractivity contribution in [2.75, 3.05) is 0 Å². The molecule has 1 amide bonds. The third-order valence-electron chi connectivity index (χ3n) is 3.49. The number of hydrogen-bond acceptors (Lipinski definition) is 4. The molecule has 0 bridgehead atoms. The standard InChI is InChI=1S/C19H18N2O3/c1-14(24-16-6-3-2-4-7-16)19(22)21-13-15-9-10-20-17(12-15)18-8-5-11-23-18/h2-12,14H,13H2,1H3,(H,21,22). The fourth-order valence-corrected chi connectivity index (χ4v) is 2.23. The number of hydrogen-bond donors (Lipinski definition) is 1. The van der Waals surface area contributed by atoms with E-state index in [9.17, 15) is 4.79 Å². The second-order valence-electron chi connectivity index (χ2n) is 5.32. The van der Waals surface area contributed by atoms with E-state index in [1.807, 2.05) is 54.6 Å². The molecule has 0 aliphatic carbocycles. The molecule has 1 N–H and O–H groups in total. The molecule has 0 saturated heterocycles. The molecule has 1 aromatic carbocycles. The number of para-hydroxylation sites is 1. The summed E-state index contributed by atoms with van der Waals surface area (Å²) in [5, 5.41) is 2.87. The molecule has 3 aromatic rings. The van der Waals surface area contributed by atoms with E-state index in [2.05, 4.69) is 10.3 Å². The first kappa shape index (κ1) is 15.8. The summed E-state index contributed by atoms with van der Waals surface area (Å²) >= 11 is 0. The van der Waals surface area contributed by atoms with Gasteiger partial charge in [0.1, 0.15) is 11.4 Å². The SMILES string of the molecule is CC(Oc1ccccc1)C(=O)NCc1ccnc(-c2ccco2)c1. The number of aromatic nitrogens is 1. The maximum Gasteiger partial charge on any atom is 0.261 e. The minimum Gasteiger partial charge on any atom is -0.481 e. The van der Waals surface area contributed by atoms with Crippen LogP contribution in [0.4, 0.5) is 0 Å². The summed E-state index contributed by atoms with van der Waals surface area (Å²) in [5.41, 5.74) is 1.68. The fraction of sp³-hybridized carbons (Fsp3) is 0.158. The molecule has 2 heterocycles. The Morgan fingerprint density at radius 1 is 1.21 bits per heavy atom. The van der Waals surface area contributed by atoms with Gasteiger partial charge in [0, 0.05) is 12.7 Å². The van der Waals surface area contributed by atoms with Crippen molar-refractivity contribution >= 4 is 5.91 Å². The Bertz CT molecular complexity index is 785. The number of nitrogens with zero attached hydrogens (tertiary/aromatic N) is 1. The van der Waals surface area contributed by atoms with Gasteiger partial charge in [0.2, 0.25) is 0 Å². The van der Waals surface area contributed by atoms with Crippen LogP contribution in [0.15, 0.2) is 71.5 Å². The van der Waals surface area contributed by atoms with Crippen molar-refractivity contribution < 1.29 is 13.9 Å². The van der Waals surface area contributed by atoms with E-state index in [0.717, 1.165) is 11.3 Å². The first-order chi connectivity index (χ1) is 11.7. The van der Waals surface area contributed by atoms with Gasteiger partial charge in [-0.3, -0.25) is 9.78 Å². The minimum absolute atomic E-state index is 0.171. The first-order valence-electron chi connectivity index (χ1n) is 7.70. The van der Waals surface area contributed by atoms with Crippen LogP contribution in [0, 0.1) is 0 Å². The van der Waals surface area contributed by atoms with Gasteiger partial charge in [0.25, 0.3) is 5.91 Å². The Labute approximate surface area is 140 Å². The van der Waals surface area contributed by atoms with Crippen molar-refractivity contribution in [3.8, 4) is 17.2 Å². The Balaban J connectivity index is 1.57. The summed E-state index contributed by atoms with van der Waals surface area (Å²) in [6, 6.07) is 16.7. The van der Waals surface area contributed by atoms with Crippen molar-refractivity contribution in [2.45, 2.75) is 19.6 Å². The van der Waals surface area contributed by atoms with Gasteiger partial charge in [-0.15, -0.1) is 0 Å². The molecule has 5 heteroatoms. The van der Waals surface area contributed by atoms with E-state index in [1.165, 1.54) is 0 Å². The van der Waals surface area contributed by atoms with Crippen molar-refractivity contribution in [1.29, 1.82) is 0 Å². The predicted molar refractivity (Wildman–Crippen MR) is 90.3 cm³/mol. The molecule has 1 atom stereocenters. The summed E-state index contributed by atoms with van der Waals surface area (Å²) in [7, 11) is 0. The van der Waals surface area contributed by atoms with Crippen molar-refractivity contribution in [1.82, 2.24) is 10.3 Å². The number of ether oxygens (including phenoxy) is 1. The zero-order valence-corrected chi connectivity index (χ0v) is 13.3. The van der Waals surface area contributed by atoms with E-state index in [-0.39, 0.29) is 5.91 Å². The topological polar surface area (TPSA) is 64.4 Å². The smallest absolute Gasteiger partial charge is 0.261 e. The molecule has 5 nitrogen and oxygen atoms in total. The average molecular weight is 322 g/mol. The second kappa shape index (κ2) is 7.46. The van der Waals surface area contributed by atoms with E-state index in [0.29, 0.717) is 18.1 Å². The summed E-state index contributed by atoms with van der Waals surface area (Å²) in [6.45, 7) is 2.13. The van der Waals surface area contributed by atoms with Gasteiger partial charge < -0.3 is 14.5 Å². The van der Waals surface area contributed by atoms with Crippen LogP contribution in [0.2, 0.25) is 0 Å². The Hall–Kier alpha value is -3.08. The highest BCUT2D eigenvalue weighted by atomic mass is 16.5. The Morgan fingerprint density at radius 2 is 2.04 bits per heavy atom. The Kier molecular flexibility index (Phi) is 4.91. The van der Waals surface area contributed by atoms with E-state index in [1.54, 1.807) is 19.4 Å². The number of carbonyl (C=O) groups is 1. The van der Waals surface area contributed by atoms with E-state index < -0.39 is 6.10 Å². The minimum atomic E-state index is -0.571. The number of amides is 1. The summed E-state index contributed by atoms with van der Waals surface area (Å²) in [4.78, 5) is 16.4. The quantitative estimate of drug-likeness (QED) is 0.755. The zero-order valence-electron chi connectivity index (χ0n) is 13.3. The second-order valence-corrected chi connectivity index (χ2v) is 5.32. The van der Waals surface area contributed by atoms with E-state index in [4.69, 9.17) is 9.15 Å². The van der Waals surface area contributed by atoms with Gasteiger partial charge in [0.05, 0.1) is 6.26 Å². The lowest BCUT2D eigenvalue weighted by molar-refractivity contribution is -0.127. The van der Waals surface area contributed by atoms with Crippen LogP contribution in [0.5, 0.6) is 5.75 Å². The van der Waals surface area contributed by atoms with Crippen LogP contribution in [0.25, 0.3) is 11.5 Å². The van der Waals surface area contributed by atoms with Gasteiger partial charge in [-0.1, -0.05) is 18.2 Å². The number of rotatable bonds is 6. The maximum absolute atomic E-state index is 12.2. The largest absolute Gasteiger partial charge is 0.481 e. The van der Waals surface area contributed by atoms with Gasteiger partial charge >= 0.3 is 0 Å². The van der Waals surface area contributed by atoms with Crippen LogP contribution in [-0.4, -0.2) is 17.0 Å². The predicted octanol–water partition coefficient (Wildman–Crippen LogP) is 3.43. The number of pyridine rings is 1. The third kappa shape index (κ3) is 4.01. The lowest BCUT2D eigenvalue weighted by Gasteiger charge is -2.14. The molecule has 0 aliphatic rings. The monoisotopic (exact) mass is 322 g/mol. The molecule has 0 saturated carbocycles. The van der Waals surface area contributed by atoms with Gasteiger partial charge in [0.15, 0.2) is 11.9 Å². The number of carbonyl (C=O) groups excluding carboxylic acids is 1. The summed E-state index contributed by atoms with van der Waals surface area (Å²) < 4.78 is 10.9. The molecule has 0 radical (unpaired) electrons. The highest BCUT2D eigenvalue weighted by molar-refractivity contribution is 5.80. The summed E-state index contributed by atoms with van der Waals surface area (Å²) in [6.07, 6.45) is 2.73. The number of furan rings is 1. The van der Waals surface area contributed by atoms with Crippen LogP contribution in [0.3, 0.4) is 0 Å². The normalized spacial score (nSPS) is 11.7. The fourth-order valence-electron chi connectivity index (χ4n) is 2.23. The highest BCUT2D eigenvalue weighted by Crippen LogP contribution is 2.18. The molecular weight excluding hydrogens is 304 g/mol. The third-order valence-corrected chi connectivity index (χ3v) is 3.49. The van der Waals surface area contributed by atoms with Crippen LogP contribution in [-0.2, 0) is 11.3 Å². The molecule has 1 unspecified atom stereocenters. The number of nitrogens with one attached hydrogen (secondary N) is 1. The molecule has 0 spiro atoms. The lowest BCUT2D eigenvalue weighted by Crippen LogP contribution is -2.35. The average Bonchev–Trinajstić information content (AvgIpc) is 3.15. The first-order valence-corrected chi connectivity index (χ1v) is 7.70. The zero-order chi connectivity index (χ0) is 16.8. The van der Waals surface area contributed by atoms with Crippen molar-refractivity contribution in [3.63, 3.8) is 0 Å². The summed E-state index contributed by atoms with van der Waals surface area (Å²) in [5.74, 6) is 1.20.